The van der Waals surface area contributed by atoms with Crippen LogP contribution in [0.4, 0.5) is 10.7 Å². The number of methoxy groups -OCH3 is 1. The largest absolute Gasteiger partial charge is 0.465 e. The number of rotatable bonds is 7. The molecule has 2 aromatic carbocycles. The number of hydrogen-bond acceptors (Lipinski definition) is 6. The first-order valence-electron chi connectivity index (χ1n) is 11.2. The number of hydrogen-bond donors (Lipinski definition) is 1. The van der Waals surface area contributed by atoms with Crippen LogP contribution >= 0.6 is 34.5 Å². The molecule has 0 atom stereocenters. The van der Waals surface area contributed by atoms with Gasteiger partial charge in [0, 0.05) is 4.88 Å². The summed E-state index contributed by atoms with van der Waals surface area (Å²) in [6, 6.07) is 10.7. The topological polar surface area (TPSA) is 92.8 Å². The summed E-state index contributed by atoms with van der Waals surface area (Å²) in [7, 11) is -2.85. The summed E-state index contributed by atoms with van der Waals surface area (Å²) in [5, 5.41) is 3.52. The van der Waals surface area contributed by atoms with Gasteiger partial charge in [0.25, 0.3) is 10.0 Å². The average Bonchev–Trinajstić information content (AvgIpc) is 3.21. The van der Waals surface area contributed by atoms with Crippen LogP contribution in [-0.4, -0.2) is 33.9 Å². The number of benzene rings is 2. The molecule has 1 aliphatic carbocycles. The number of thiophene rings is 1. The minimum Gasteiger partial charge on any atom is -0.465 e. The molecule has 0 fully saturated rings. The molecule has 1 aliphatic rings. The number of carbonyl (C=O) groups is 2. The maximum Gasteiger partial charge on any atom is 0.341 e. The van der Waals surface area contributed by atoms with Crippen molar-refractivity contribution in [3.8, 4) is 0 Å². The summed E-state index contributed by atoms with van der Waals surface area (Å²) < 4.78 is 33.1. The molecule has 1 amide bonds. The first-order chi connectivity index (χ1) is 17.1. The minimum atomic E-state index is -4.14. The molecule has 11 heteroatoms. The zero-order chi connectivity index (χ0) is 26.0. The number of halogens is 2. The van der Waals surface area contributed by atoms with Crippen molar-refractivity contribution in [3.63, 3.8) is 0 Å². The van der Waals surface area contributed by atoms with Crippen molar-refractivity contribution in [3.05, 3.63) is 74.1 Å². The highest BCUT2D eigenvalue weighted by molar-refractivity contribution is 7.92. The minimum absolute atomic E-state index is 0.0220. The predicted molar refractivity (Wildman–Crippen MR) is 143 cm³/mol. The molecule has 0 spiro atoms. The predicted octanol–water partition coefficient (Wildman–Crippen LogP) is 5.86. The highest BCUT2D eigenvalue weighted by Gasteiger charge is 2.30. The lowest BCUT2D eigenvalue weighted by atomic mass is 9.95. The Hall–Kier alpha value is -2.59. The Labute approximate surface area is 224 Å². The standard InChI is InChI=1S/C25H24Cl2N2O5S2/c1-15-7-10-17(11-8-15)36(32,33)29(16-9-12-19(26)20(27)13-16)14-22(30)28-24-23(25(31)34-2)18-5-3-4-6-21(18)35-24/h7-13H,3-6,14H2,1-2H3,(H,28,30). The Kier molecular flexibility index (Phi) is 7.94. The van der Waals surface area contributed by atoms with Gasteiger partial charge in [0.05, 0.1) is 33.3 Å². The Bertz CT molecular complexity index is 1420. The van der Waals surface area contributed by atoms with Crippen molar-refractivity contribution in [1.82, 2.24) is 0 Å². The molecule has 1 aromatic heterocycles. The first kappa shape index (κ1) is 26.5. The van der Waals surface area contributed by atoms with E-state index in [1.165, 1.54) is 48.8 Å². The van der Waals surface area contributed by atoms with Gasteiger partial charge in [-0.05, 0) is 68.5 Å². The van der Waals surface area contributed by atoms with Gasteiger partial charge in [0.2, 0.25) is 5.91 Å². The number of nitrogens with one attached hydrogen (secondary N) is 1. The van der Waals surface area contributed by atoms with E-state index in [-0.39, 0.29) is 20.6 Å². The molecule has 0 radical (unpaired) electrons. The van der Waals surface area contributed by atoms with Crippen LogP contribution in [0.15, 0.2) is 47.4 Å². The summed E-state index contributed by atoms with van der Waals surface area (Å²) in [6.07, 6.45) is 3.49. The van der Waals surface area contributed by atoms with Crippen molar-refractivity contribution >= 4 is 67.1 Å². The van der Waals surface area contributed by atoms with Crippen LogP contribution in [0, 0.1) is 6.92 Å². The fourth-order valence-electron chi connectivity index (χ4n) is 4.06. The van der Waals surface area contributed by atoms with Crippen LogP contribution in [0.3, 0.4) is 0 Å². The highest BCUT2D eigenvalue weighted by Crippen LogP contribution is 2.39. The van der Waals surface area contributed by atoms with E-state index in [9.17, 15) is 18.0 Å². The molecule has 0 saturated heterocycles. The normalized spacial score (nSPS) is 13.1. The maximum absolute atomic E-state index is 13.6. The quantitative estimate of drug-likeness (QED) is 0.361. The number of anilines is 2. The number of fused-ring (bicyclic) bond motifs is 1. The van der Waals surface area contributed by atoms with Gasteiger partial charge in [0.1, 0.15) is 11.5 Å². The smallest absolute Gasteiger partial charge is 0.341 e. The van der Waals surface area contributed by atoms with Crippen LogP contribution < -0.4 is 9.62 Å². The van der Waals surface area contributed by atoms with E-state index in [0.717, 1.165) is 46.0 Å². The molecule has 0 saturated carbocycles. The summed E-state index contributed by atoms with van der Waals surface area (Å²) >= 11 is 13.5. The third-order valence-corrected chi connectivity index (χ3v) is 9.64. The van der Waals surface area contributed by atoms with Gasteiger partial charge in [0.15, 0.2) is 0 Å². The second kappa shape index (κ2) is 10.8. The van der Waals surface area contributed by atoms with Crippen LogP contribution in [0.5, 0.6) is 0 Å². The van der Waals surface area contributed by atoms with E-state index < -0.39 is 28.4 Å². The third-order valence-electron chi connectivity index (χ3n) is 5.90. The lowest BCUT2D eigenvalue weighted by Gasteiger charge is -2.24. The van der Waals surface area contributed by atoms with Crippen molar-refractivity contribution in [2.24, 2.45) is 0 Å². The van der Waals surface area contributed by atoms with E-state index in [1.807, 2.05) is 6.92 Å². The number of sulfonamides is 1. The molecule has 190 valence electrons. The van der Waals surface area contributed by atoms with Crippen LogP contribution in [0.1, 0.15) is 39.2 Å². The van der Waals surface area contributed by atoms with E-state index in [2.05, 4.69) is 5.32 Å². The molecular weight excluding hydrogens is 543 g/mol. The number of nitrogens with zero attached hydrogens (tertiary/aromatic N) is 1. The van der Waals surface area contributed by atoms with Crippen LogP contribution in [0.25, 0.3) is 0 Å². The molecule has 1 N–H and O–H groups in total. The molecule has 3 aromatic rings. The number of amides is 1. The molecule has 36 heavy (non-hydrogen) atoms. The number of ether oxygens (including phenoxy) is 1. The van der Waals surface area contributed by atoms with Crippen LogP contribution in [-0.2, 0) is 32.4 Å². The summed E-state index contributed by atoms with van der Waals surface area (Å²) in [5.74, 6) is -1.14. The van der Waals surface area contributed by atoms with Gasteiger partial charge in [-0.2, -0.15) is 0 Å². The van der Waals surface area contributed by atoms with Gasteiger partial charge in [-0.25, -0.2) is 13.2 Å². The molecule has 1 heterocycles. The van der Waals surface area contributed by atoms with Gasteiger partial charge in [-0.1, -0.05) is 40.9 Å². The fourth-order valence-corrected chi connectivity index (χ4v) is 7.06. The van der Waals surface area contributed by atoms with Crippen molar-refractivity contribution in [1.29, 1.82) is 0 Å². The van der Waals surface area contributed by atoms with E-state index in [1.54, 1.807) is 12.1 Å². The molecule has 7 nitrogen and oxygen atoms in total. The van der Waals surface area contributed by atoms with E-state index >= 15 is 0 Å². The lowest BCUT2D eigenvalue weighted by molar-refractivity contribution is -0.114. The summed E-state index contributed by atoms with van der Waals surface area (Å²) in [5.41, 5.74) is 2.30. The van der Waals surface area contributed by atoms with Crippen molar-refractivity contribution in [2.75, 3.05) is 23.3 Å². The van der Waals surface area contributed by atoms with E-state index in [0.29, 0.717) is 10.6 Å². The number of carbonyl (C=O) groups excluding carboxylic acids is 2. The van der Waals surface area contributed by atoms with Gasteiger partial charge >= 0.3 is 5.97 Å². The highest BCUT2D eigenvalue weighted by atomic mass is 35.5. The Morgan fingerprint density at radius 2 is 1.75 bits per heavy atom. The molecule has 0 bridgehead atoms. The van der Waals surface area contributed by atoms with Gasteiger partial charge in [-0.3, -0.25) is 9.10 Å². The second-order valence-electron chi connectivity index (χ2n) is 8.38. The van der Waals surface area contributed by atoms with Crippen LogP contribution in [0.2, 0.25) is 10.0 Å². The summed E-state index contributed by atoms with van der Waals surface area (Å²) in [4.78, 5) is 26.8. The van der Waals surface area contributed by atoms with Gasteiger partial charge < -0.3 is 10.1 Å². The van der Waals surface area contributed by atoms with Crippen molar-refractivity contribution in [2.45, 2.75) is 37.5 Å². The lowest BCUT2D eigenvalue weighted by Crippen LogP contribution is -2.38. The Morgan fingerprint density at radius 1 is 1.06 bits per heavy atom. The van der Waals surface area contributed by atoms with E-state index in [4.69, 9.17) is 27.9 Å². The number of aryl methyl sites for hydroxylation is 2. The monoisotopic (exact) mass is 566 g/mol. The molecular formula is C25H24Cl2N2O5S2. The maximum atomic E-state index is 13.6. The Morgan fingerprint density at radius 3 is 2.42 bits per heavy atom. The first-order valence-corrected chi connectivity index (χ1v) is 14.2. The third kappa shape index (κ3) is 5.39. The van der Waals surface area contributed by atoms with Gasteiger partial charge in [-0.15, -0.1) is 11.3 Å². The number of esters is 1. The molecule has 0 aliphatic heterocycles. The average molecular weight is 568 g/mol. The zero-order valence-electron chi connectivity index (χ0n) is 19.6. The van der Waals surface area contributed by atoms with Crippen molar-refractivity contribution < 1.29 is 22.7 Å². The fraction of sp³-hybridized carbons (Fsp3) is 0.280. The zero-order valence-corrected chi connectivity index (χ0v) is 22.8. The summed E-state index contributed by atoms with van der Waals surface area (Å²) in [6.45, 7) is 1.30. The Balaban J connectivity index is 1.70. The SMILES string of the molecule is COC(=O)c1c(NC(=O)CN(c2ccc(Cl)c(Cl)c2)S(=O)(=O)c2ccc(C)cc2)sc2c1CCCC2. The molecule has 0 unspecified atom stereocenters. The second-order valence-corrected chi connectivity index (χ2v) is 12.2. The molecule has 4 rings (SSSR count).